The number of aliphatic hydroxyl groups is 1. The molecule has 0 spiro atoms. The van der Waals surface area contributed by atoms with Gasteiger partial charge in [-0.25, -0.2) is 4.99 Å². The highest BCUT2D eigenvalue weighted by molar-refractivity contribution is 5.79. The van der Waals surface area contributed by atoms with Crippen LogP contribution in [0.3, 0.4) is 0 Å². The topological polar surface area (TPSA) is 75.1 Å². The Labute approximate surface area is 158 Å². The van der Waals surface area contributed by atoms with Crippen LogP contribution in [0.4, 0.5) is 0 Å². The van der Waals surface area contributed by atoms with Crippen molar-refractivity contribution < 1.29 is 14.6 Å². The molecule has 0 aromatic heterocycles. The molecular formula is C20H35N3O3. The van der Waals surface area contributed by atoms with Crippen molar-refractivity contribution in [1.82, 2.24) is 10.6 Å². The van der Waals surface area contributed by atoms with E-state index in [9.17, 15) is 5.11 Å². The van der Waals surface area contributed by atoms with Crippen molar-refractivity contribution in [2.24, 2.45) is 16.8 Å². The highest BCUT2D eigenvalue weighted by Gasteiger charge is 2.11. The van der Waals surface area contributed by atoms with Crippen molar-refractivity contribution in [2.45, 2.75) is 40.2 Å². The highest BCUT2D eigenvalue weighted by atomic mass is 16.5. The van der Waals surface area contributed by atoms with Crippen LogP contribution in [0.15, 0.2) is 23.2 Å². The summed E-state index contributed by atoms with van der Waals surface area (Å²) in [6.45, 7) is 8.83. The number of aliphatic hydroxyl groups excluding tert-OH is 1. The van der Waals surface area contributed by atoms with Crippen LogP contribution in [0, 0.1) is 11.8 Å². The van der Waals surface area contributed by atoms with Gasteiger partial charge in [0.25, 0.3) is 0 Å². The molecule has 1 aromatic rings. The Kier molecular flexibility index (Phi) is 10.5. The van der Waals surface area contributed by atoms with Crippen molar-refractivity contribution >= 4 is 5.96 Å². The normalized spacial score (nSPS) is 12.8. The second kappa shape index (κ2) is 12.4. The Bertz CT molecular complexity index is 547. The van der Waals surface area contributed by atoms with Crippen molar-refractivity contribution in [3.63, 3.8) is 0 Å². The molecule has 0 aliphatic carbocycles. The van der Waals surface area contributed by atoms with E-state index in [0.717, 1.165) is 37.5 Å². The van der Waals surface area contributed by atoms with Crippen LogP contribution in [0.2, 0.25) is 0 Å². The number of nitrogens with one attached hydrogen (secondary N) is 2. The lowest BCUT2D eigenvalue weighted by Crippen LogP contribution is -2.40. The lowest BCUT2D eigenvalue weighted by Gasteiger charge is -2.20. The fourth-order valence-corrected chi connectivity index (χ4v) is 2.88. The fourth-order valence-electron chi connectivity index (χ4n) is 2.88. The van der Waals surface area contributed by atoms with Crippen LogP contribution < -0.4 is 20.1 Å². The van der Waals surface area contributed by atoms with Gasteiger partial charge in [0.15, 0.2) is 17.5 Å². The zero-order chi connectivity index (χ0) is 19.4. The number of guanidine groups is 1. The first kappa shape index (κ1) is 22.1. The maximum absolute atomic E-state index is 9.27. The van der Waals surface area contributed by atoms with Crippen LogP contribution in [-0.2, 0) is 6.54 Å². The van der Waals surface area contributed by atoms with Gasteiger partial charge in [-0.1, -0.05) is 19.9 Å². The number of benzene rings is 1. The molecule has 1 rings (SSSR count). The molecule has 0 amide bonds. The molecular weight excluding hydrogens is 330 g/mol. The van der Waals surface area contributed by atoms with Gasteiger partial charge in [0.05, 0.1) is 20.8 Å². The minimum atomic E-state index is 0.221. The molecule has 1 aromatic carbocycles. The average molecular weight is 366 g/mol. The van der Waals surface area contributed by atoms with Gasteiger partial charge < -0.3 is 25.2 Å². The number of nitrogens with zero attached hydrogens (tertiary/aromatic N) is 1. The summed E-state index contributed by atoms with van der Waals surface area (Å²) in [5.41, 5.74) is 1.05. The Hall–Kier alpha value is -1.95. The van der Waals surface area contributed by atoms with Gasteiger partial charge in [0, 0.05) is 19.7 Å². The number of hydrogen-bond acceptors (Lipinski definition) is 4. The van der Waals surface area contributed by atoms with Gasteiger partial charge in [-0.15, -0.1) is 0 Å². The van der Waals surface area contributed by atoms with Crippen molar-refractivity contribution in [3.8, 4) is 11.5 Å². The maximum atomic E-state index is 9.27. The molecule has 1 unspecified atom stereocenters. The molecule has 0 radical (unpaired) electrons. The zero-order valence-electron chi connectivity index (χ0n) is 16.8. The van der Waals surface area contributed by atoms with E-state index in [-0.39, 0.29) is 6.61 Å². The van der Waals surface area contributed by atoms with Crippen molar-refractivity contribution in [1.29, 1.82) is 0 Å². The molecule has 6 nitrogen and oxygen atoms in total. The molecule has 26 heavy (non-hydrogen) atoms. The summed E-state index contributed by atoms with van der Waals surface area (Å²) < 4.78 is 10.6. The summed E-state index contributed by atoms with van der Waals surface area (Å²) in [7, 11) is 3.26. The van der Waals surface area contributed by atoms with E-state index >= 15 is 0 Å². The third kappa shape index (κ3) is 7.95. The van der Waals surface area contributed by atoms with Gasteiger partial charge in [0.1, 0.15) is 0 Å². The van der Waals surface area contributed by atoms with Crippen LogP contribution in [0.1, 0.15) is 39.2 Å². The van der Waals surface area contributed by atoms with E-state index < -0.39 is 0 Å². The molecule has 0 aliphatic heterocycles. The Morgan fingerprint density at radius 1 is 1.15 bits per heavy atom. The van der Waals surface area contributed by atoms with Gasteiger partial charge in [0.2, 0.25) is 0 Å². The third-order valence-corrected chi connectivity index (χ3v) is 4.11. The number of rotatable bonds is 11. The Morgan fingerprint density at radius 3 is 2.46 bits per heavy atom. The second-order valence-corrected chi connectivity index (χ2v) is 6.77. The van der Waals surface area contributed by atoms with E-state index in [0.29, 0.717) is 29.9 Å². The molecule has 0 fully saturated rings. The van der Waals surface area contributed by atoms with E-state index in [2.05, 4.69) is 29.5 Å². The van der Waals surface area contributed by atoms with Gasteiger partial charge in [-0.05, 0) is 49.3 Å². The first-order valence-corrected chi connectivity index (χ1v) is 9.37. The van der Waals surface area contributed by atoms with E-state index in [1.54, 1.807) is 14.2 Å². The lowest BCUT2D eigenvalue weighted by molar-refractivity contribution is 0.243. The molecule has 6 heteroatoms. The number of hydrogen-bond donors (Lipinski definition) is 3. The lowest BCUT2D eigenvalue weighted by atomic mass is 9.94. The highest BCUT2D eigenvalue weighted by Crippen LogP contribution is 2.27. The van der Waals surface area contributed by atoms with Crippen molar-refractivity contribution in [3.05, 3.63) is 23.8 Å². The summed E-state index contributed by atoms with van der Waals surface area (Å²) in [5, 5.41) is 15.9. The number of aliphatic imine (C=N–C) groups is 1. The second-order valence-electron chi connectivity index (χ2n) is 6.77. The Balaban J connectivity index is 2.73. The first-order chi connectivity index (χ1) is 12.5. The van der Waals surface area contributed by atoms with E-state index in [1.165, 1.54) is 0 Å². The van der Waals surface area contributed by atoms with Crippen molar-refractivity contribution in [2.75, 3.05) is 33.9 Å². The van der Waals surface area contributed by atoms with E-state index in [4.69, 9.17) is 9.47 Å². The summed E-state index contributed by atoms with van der Waals surface area (Å²) >= 11 is 0. The molecule has 0 heterocycles. The fraction of sp³-hybridized carbons (Fsp3) is 0.650. The molecule has 3 N–H and O–H groups in total. The van der Waals surface area contributed by atoms with Crippen LogP contribution >= 0.6 is 0 Å². The predicted octanol–water partition coefficient (Wildman–Crippen LogP) is 2.80. The smallest absolute Gasteiger partial charge is 0.191 e. The molecule has 0 bridgehead atoms. The maximum Gasteiger partial charge on any atom is 0.191 e. The van der Waals surface area contributed by atoms with Gasteiger partial charge in [-0.2, -0.15) is 0 Å². The predicted molar refractivity (Wildman–Crippen MR) is 107 cm³/mol. The number of methoxy groups -OCH3 is 2. The Morgan fingerprint density at radius 2 is 1.88 bits per heavy atom. The molecule has 1 atom stereocenters. The third-order valence-electron chi connectivity index (χ3n) is 4.11. The summed E-state index contributed by atoms with van der Waals surface area (Å²) in [6.07, 6.45) is 1.89. The zero-order valence-corrected chi connectivity index (χ0v) is 16.8. The SMILES string of the molecule is CCNC(=NCc1ccc(OC)c(OC)c1)NCC(CCO)CC(C)C. The monoisotopic (exact) mass is 365 g/mol. The summed E-state index contributed by atoms with van der Waals surface area (Å²) in [5.74, 6) is 3.25. The van der Waals surface area contributed by atoms with Gasteiger partial charge >= 0.3 is 0 Å². The molecule has 148 valence electrons. The van der Waals surface area contributed by atoms with Gasteiger partial charge in [-0.3, -0.25) is 0 Å². The van der Waals surface area contributed by atoms with Crippen LogP contribution in [-0.4, -0.2) is 45.0 Å². The minimum Gasteiger partial charge on any atom is -0.493 e. The first-order valence-electron chi connectivity index (χ1n) is 9.37. The average Bonchev–Trinajstić information content (AvgIpc) is 2.63. The van der Waals surface area contributed by atoms with Crippen LogP contribution in [0.25, 0.3) is 0 Å². The largest absolute Gasteiger partial charge is 0.493 e. The summed E-state index contributed by atoms with van der Waals surface area (Å²) in [4.78, 5) is 4.66. The molecule has 0 saturated carbocycles. The van der Waals surface area contributed by atoms with Crippen LogP contribution in [0.5, 0.6) is 11.5 Å². The quantitative estimate of drug-likeness (QED) is 0.415. The number of ether oxygens (including phenoxy) is 2. The minimum absolute atomic E-state index is 0.221. The summed E-state index contributed by atoms with van der Waals surface area (Å²) in [6, 6.07) is 5.82. The standard InChI is InChI=1S/C20H35N3O3/c1-6-21-20(23-14-17(9-10-24)11-15(2)3)22-13-16-7-8-18(25-4)19(12-16)26-5/h7-8,12,15,17,24H,6,9-11,13-14H2,1-5H3,(H2,21,22,23). The van der Waals surface area contributed by atoms with E-state index in [1.807, 2.05) is 25.1 Å². The molecule has 0 saturated heterocycles. The molecule has 0 aliphatic rings.